The van der Waals surface area contributed by atoms with Gasteiger partial charge >= 0.3 is 0 Å². The van der Waals surface area contributed by atoms with E-state index in [1.807, 2.05) is 53.4 Å². The number of nitrogens with zero attached hydrogens (tertiary/aromatic N) is 2. The lowest BCUT2D eigenvalue weighted by Gasteiger charge is -2.36. The van der Waals surface area contributed by atoms with E-state index < -0.39 is 0 Å². The summed E-state index contributed by atoms with van der Waals surface area (Å²) >= 11 is 0. The summed E-state index contributed by atoms with van der Waals surface area (Å²) in [5, 5.41) is 9.46. The Balaban J connectivity index is 1.29. The Morgan fingerprint density at radius 3 is 2.03 bits per heavy atom. The number of hydrogen-bond acceptors (Lipinski definition) is 4. The lowest BCUT2D eigenvalue weighted by molar-refractivity contribution is 0.0746. The number of hydrogen-bond donors (Lipinski definition) is 1. The van der Waals surface area contributed by atoms with Gasteiger partial charge in [0.15, 0.2) is 0 Å². The Hall–Kier alpha value is -3.47. The number of carbonyl (C=O) groups is 1. The normalized spacial score (nSPS) is 14.3. The zero-order chi connectivity index (χ0) is 23.4. The van der Waals surface area contributed by atoms with Gasteiger partial charge < -0.3 is 19.6 Å². The van der Waals surface area contributed by atoms with E-state index in [1.54, 1.807) is 12.1 Å². The van der Waals surface area contributed by atoms with Crippen molar-refractivity contribution >= 4 is 11.6 Å². The van der Waals surface area contributed by atoms with Gasteiger partial charge in [0, 0.05) is 37.4 Å². The van der Waals surface area contributed by atoms with Crippen molar-refractivity contribution in [2.45, 2.75) is 32.8 Å². The Labute approximate surface area is 196 Å². The minimum Gasteiger partial charge on any atom is -0.508 e. The summed E-state index contributed by atoms with van der Waals surface area (Å²) in [5.41, 5.74) is 4.20. The summed E-state index contributed by atoms with van der Waals surface area (Å²) in [6.07, 6.45) is 0. The number of aromatic hydroxyl groups is 1. The van der Waals surface area contributed by atoms with Gasteiger partial charge in [-0.15, -0.1) is 0 Å². The van der Waals surface area contributed by atoms with Crippen molar-refractivity contribution in [2.75, 3.05) is 31.1 Å². The van der Waals surface area contributed by atoms with Crippen LogP contribution in [0.4, 0.5) is 5.69 Å². The lowest BCUT2D eigenvalue weighted by atomic mass is 9.87. The molecule has 0 aliphatic carbocycles. The molecule has 1 fully saturated rings. The van der Waals surface area contributed by atoms with Crippen LogP contribution in [0.1, 0.15) is 42.3 Å². The van der Waals surface area contributed by atoms with Crippen molar-refractivity contribution in [3.05, 3.63) is 89.5 Å². The fourth-order valence-corrected chi connectivity index (χ4v) is 3.98. The highest BCUT2D eigenvalue weighted by atomic mass is 16.5. The summed E-state index contributed by atoms with van der Waals surface area (Å²) in [6, 6.07) is 23.1. The highest BCUT2D eigenvalue weighted by Gasteiger charge is 2.22. The SMILES string of the molecule is CC(C)(C)c1ccc(OCc2ccc(C(=O)N3CCN(c4ccc(O)cc4)CC3)cc2)cc1. The molecule has 5 heteroatoms. The van der Waals surface area contributed by atoms with E-state index in [0.29, 0.717) is 25.3 Å². The molecule has 1 aliphatic heterocycles. The molecule has 0 unspecified atom stereocenters. The number of phenols is 1. The van der Waals surface area contributed by atoms with Crippen LogP contribution in [-0.4, -0.2) is 42.1 Å². The van der Waals surface area contributed by atoms with Gasteiger partial charge in [-0.1, -0.05) is 45.0 Å². The summed E-state index contributed by atoms with van der Waals surface area (Å²) in [7, 11) is 0. The van der Waals surface area contributed by atoms with Gasteiger partial charge in [-0.2, -0.15) is 0 Å². The van der Waals surface area contributed by atoms with Crippen molar-refractivity contribution in [1.29, 1.82) is 0 Å². The average Bonchev–Trinajstić information content (AvgIpc) is 2.83. The summed E-state index contributed by atoms with van der Waals surface area (Å²) in [6.45, 7) is 9.95. The first-order valence-corrected chi connectivity index (χ1v) is 11.5. The van der Waals surface area contributed by atoms with E-state index in [4.69, 9.17) is 4.74 Å². The molecular formula is C28H32N2O3. The van der Waals surface area contributed by atoms with Crippen LogP contribution in [0.5, 0.6) is 11.5 Å². The highest BCUT2D eigenvalue weighted by Crippen LogP contribution is 2.25. The largest absolute Gasteiger partial charge is 0.508 e. The zero-order valence-electron chi connectivity index (χ0n) is 19.6. The third-order valence-corrected chi connectivity index (χ3v) is 6.11. The van der Waals surface area contributed by atoms with Gasteiger partial charge in [0.05, 0.1) is 0 Å². The monoisotopic (exact) mass is 444 g/mol. The van der Waals surface area contributed by atoms with Crippen molar-refractivity contribution in [3.63, 3.8) is 0 Å². The van der Waals surface area contributed by atoms with Gasteiger partial charge in [0.25, 0.3) is 5.91 Å². The molecule has 33 heavy (non-hydrogen) atoms. The molecule has 172 valence electrons. The molecule has 0 spiro atoms. The number of benzene rings is 3. The van der Waals surface area contributed by atoms with E-state index in [-0.39, 0.29) is 17.1 Å². The summed E-state index contributed by atoms with van der Waals surface area (Å²) in [5.74, 6) is 1.17. The second-order valence-electron chi connectivity index (χ2n) is 9.56. The maximum Gasteiger partial charge on any atom is 0.253 e. The number of piperazine rings is 1. The van der Waals surface area contributed by atoms with Gasteiger partial charge in [-0.25, -0.2) is 0 Å². The van der Waals surface area contributed by atoms with E-state index in [2.05, 4.69) is 37.8 Å². The van der Waals surface area contributed by atoms with Crippen LogP contribution in [0.3, 0.4) is 0 Å². The molecule has 0 radical (unpaired) electrons. The van der Waals surface area contributed by atoms with E-state index in [1.165, 1.54) is 5.56 Å². The van der Waals surface area contributed by atoms with Crippen LogP contribution in [0, 0.1) is 0 Å². The molecule has 1 heterocycles. The number of phenolic OH excluding ortho intramolecular Hbond substituents is 1. The molecule has 4 rings (SSSR count). The van der Waals surface area contributed by atoms with Crippen molar-refractivity contribution in [3.8, 4) is 11.5 Å². The molecule has 1 saturated heterocycles. The molecule has 3 aromatic rings. The quantitative estimate of drug-likeness (QED) is 0.585. The number of anilines is 1. The minimum absolute atomic E-state index is 0.0607. The molecule has 1 N–H and O–H groups in total. The first kappa shape index (κ1) is 22.7. The molecule has 0 bridgehead atoms. The summed E-state index contributed by atoms with van der Waals surface area (Å²) in [4.78, 5) is 17.1. The fourth-order valence-electron chi connectivity index (χ4n) is 3.98. The standard InChI is InChI=1S/C28H32N2O3/c1-28(2,3)23-8-14-26(15-9-23)33-20-21-4-6-22(7-5-21)27(32)30-18-16-29(17-19-30)24-10-12-25(31)13-11-24/h4-15,31H,16-20H2,1-3H3. The van der Waals surface area contributed by atoms with Crippen molar-refractivity contribution in [1.82, 2.24) is 4.90 Å². The molecule has 0 aromatic heterocycles. The van der Waals surface area contributed by atoms with Crippen molar-refractivity contribution in [2.24, 2.45) is 0 Å². The molecule has 1 aliphatic rings. The number of rotatable bonds is 5. The van der Waals surface area contributed by atoms with Gasteiger partial charge in [-0.05, 0) is 65.1 Å². The Morgan fingerprint density at radius 2 is 1.45 bits per heavy atom. The number of carbonyl (C=O) groups excluding carboxylic acids is 1. The van der Waals surface area contributed by atoms with Gasteiger partial charge in [0.1, 0.15) is 18.1 Å². The number of ether oxygens (including phenoxy) is 1. The zero-order valence-corrected chi connectivity index (χ0v) is 19.6. The van der Waals surface area contributed by atoms with Crippen molar-refractivity contribution < 1.29 is 14.6 Å². The maximum atomic E-state index is 12.9. The van der Waals surface area contributed by atoms with Crippen LogP contribution in [0.2, 0.25) is 0 Å². The summed E-state index contributed by atoms with van der Waals surface area (Å²) < 4.78 is 5.92. The molecule has 1 amide bonds. The molecular weight excluding hydrogens is 412 g/mol. The van der Waals surface area contributed by atoms with E-state index in [9.17, 15) is 9.90 Å². The van der Waals surface area contributed by atoms with Crippen LogP contribution in [0.15, 0.2) is 72.8 Å². The van der Waals surface area contributed by atoms with Crippen LogP contribution in [-0.2, 0) is 12.0 Å². The maximum absolute atomic E-state index is 12.9. The van der Waals surface area contributed by atoms with Gasteiger partial charge in [0.2, 0.25) is 0 Å². The van der Waals surface area contributed by atoms with Crippen LogP contribution < -0.4 is 9.64 Å². The minimum atomic E-state index is 0.0607. The van der Waals surface area contributed by atoms with Crippen LogP contribution >= 0.6 is 0 Å². The predicted octanol–water partition coefficient (Wildman–Crippen LogP) is 5.23. The molecule has 0 atom stereocenters. The Morgan fingerprint density at radius 1 is 0.848 bits per heavy atom. The third-order valence-electron chi connectivity index (χ3n) is 6.11. The average molecular weight is 445 g/mol. The second kappa shape index (κ2) is 9.57. The first-order chi connectivity index (χ1) is 15.8. The van der Waals surface area contributed by atoms with Crippen LogP contribution in [0.25, 0.3) is 0 Å². The fraction of sp³-hybridized carbons (Fsp3) is 0.321. The van der Waals surface area contributed by atoms with E-state index in [0.717, 1.165) is 30.1 Å². The van der Waals surface area contributed by atoms with E-state index >= 15 is 0 Å². The second-order valence-corrected chi connectivity index (χ2v) is 9.56. The number of amides is 1. The smallest absolute Gasteiger partial charge is 0.253 e. The topological polar surface area (TPSA) is 53.0 Å². The Kier molecular flexibility index (Phi) is 6.59. The lowest BCUT2D eigenvalue weighted by Crippen LogP contribution is -2.48. The van der Waals surface area contributed by atoms with Gasteiger partial charge in [-0.3, -0.25) is 4.79 Å². The first-order valence-electron chi connectivity index (χ1n) is 11.5. The predicted molar refractivity (Wildman–Crippen MR) is 132 cm³/mol. The molecule has 3 aromatic carbocycles. The molecule has 0 saturated carbocycles. The third kappa shape index (κ3) is 5.67. The molecule has 5 nitrogen and oxygen atoms in total. The Bertz CT molecular complexity index is 1060. The highest BCUT2D eigenvalue weighted by molar-refractivity contribution is 5.94.